The second-order valence-corrected chi connectivity index (χ2v) is 5.90. The Labute approximate surface area is 150 Å². The molecule has 0 bridgehead atoms. The number of nitrogens with one attached hydrogen (secondary N) is 3. The van der Waals surface area contributed by atoms with Crippen LogP contribution in [0.1, 0.15) is 5.56 Å². The van der Waals surface area contributed by atoms with Crippen LogP contribution in [0.25, 0.3) is 10.8 Å². The summed E-state index contributed by atoms with van der Waals surface area (Å²) in [7, 11) is 0. The highest BCUT2D eigenvalue weighted by Crippen LogP contribution is 2.15. The van der Waals surface area contributed by atoms with E-state index in [1.807, 2.05) is 42.5 Å². The molecule has 0 saturated heterocycles. The molecule has 25 heavy (non-hydrogen) atoms. The molecule has 3 aromatic rings. The summed E-state index contributed by atoms with van der Waals surface area (Å²) in [5.74, 6) is -0.536. The van der Waals surface area contributed by atoms with E-state index in [1.54, 1.807) is 12.1 Å². The molecule has 3 N–H and O–H groups in total. The van der Waals surface area contributed by atoms with E-state index in [0.717, 1.165) is 16.3 Å². The smallest absolute Gasteiger partial charge is 0.242 e. The monoisotopic (exact) mass is 353 g/mol. The standard InChI is InChI=1S/C19H16FN3OS/c20-16-7-9-17(10-8-16)21-19(25)23-22-18(24)12-13-5-6-14-3-1-2-4-15(14)11-13/h1-11H,12H2,(H,22,24)(H2,21,23,25). The first-order chi connectivity index (χ1) is 12.1. The van der Waals surface area contributed by atoms with Gasteiger partial charge in [0.1, 0.15) is 5.82 Å². The summed E-state index contributed by atoms with van der Waals surface area (Å²) < 4.78 is 12.8. The van der Waals surface area contributed by atoms with Gasteiger partial charge in [-0.15, -0.1) is 0 Å². The SMILES string of the molecule is O=C(Cc1ccc2ccccc2c1)NNC(=S)Nc1ccc(F)cc1. The lowest BCUT2D eigenvalue weighted by molar-refractivity contribution is -0.120. The largest absolute Gasteiger partial charge is 0.331 e. The van der Waals surface area contributed by atoms with Gasteiger partial charge in [0.25, 0.3) is 0 Å². The van der Waals surface area contributed by atoms with Crippen LogP contribution in [0, 0.1) is 5.82 Å². The van der Waals surface area contributed by atoms with Crippen molar-refractivity contribution in [3.05, 3.63) is 78.1 Å². The van der Waals surface area contributed by atoms with Crippen molar-refractivity contribution in [1.82, 2.24) is 10.9 Å². The van der Waals surface area contributed by atoms with Crippen molar-refractivity contribution in [3.8, 4) is 0 Å². The van der Waals surface area contributed by atoms with E-state index in [4.69, 9.17) is 12.2 Å². The van der Waals surface area contributed by atoms with Crippen molar-refractivity contribution in [3.63, 3.8) is 0 Å². The molecular formula is C19H16FN3OS. The van der Waals surface area contributed by atoms with Crippen LogP contribution in [0.4, 0.5) is 10.1 Å². The number of halogens is 1. The fourth-order valence-electron chi connectivity index (χ4n) is 2.40. The number of thiocarbonyl (C=S) groups is 1. The Morgan fingerprint density at radius 1 is 0.920 bits per heavy atom. The Hall–Kier alpha value is -2.99. The second-order valence-electron chi connectivity index (χ2n) is 5.49. The maximum absolute atomic E-state index is 12.8. The van der Waals surface area contributed by atoms with Crippen LogP contribution < -0.4 is 16.2 Å². The number of hydrogen-bond acceptors (Lipinski definition) is 2. The van der Waals surface area contributed by atoms with E-state index in [-0.39, 0.29) is 23.3 Å². The van der Waals surface area contributed by atoms with E-state index in [9.17, 15) is 9.18 Å². The molecule has 0 heterocycles. The molecule has 0 unspecified atom stereocenters. The number of rotatable bonds is 3. The van der Waals surface area contributed by atoms with Crippen LogP contribution in [0.5, 0.6) is 0 Å². The van der Waals surface area contributed by atoms with Gasteiger partial charge in [-0.05, 0) is 52.8 Å². The van der Waals surface area contributed by atoms with Crippen molar-refractivity contribution in [1.29, 1.82) is 0 Å². The minimum absolute atomic E-state index is 0.210. The topological polar surface area (TPSA) is 53.2 Å². The predicted octanol–water partition coefficient (Wildman–Crippen LogP) is 3.54. The van der Waals surface area contributed by atoms with Crippen molar-refractivity contribution in [2.45, 2.75) is 6.42 Å². The number of hydrogen-bond donors (Lipinski definition) is 3. The van der Waals surface area contributed by atoms with E-state index in [0.29, 0.717) is 5.69 Å². The van der Waals surface area contributed by atoms with Crippen molar-refractivity contribution >= 4 is 39.7 Å². The summed E-state index contributed by atoms with van der Waals surface area (Å²) >= 11 is 5.08. The number of benzene rings is 3. The Morgan fingerprint density at radius 3 is 2.40 bits per heavy atom. The summed E-state index contributed by atoms with van der Waals surface area (Å²) in [5.41, 5.74) is 6.71. The van der Waals surface area contributed by atoms with Gasteiger partial charge in [-0.1, -0.05) is 42.5 Å². The molecule has 4 nitrogen and oxygen atoms in total. The van der Waals surface area contributed by atoms with E-state index < -0.39 is 0 Å². The zero-order chi connectivity index (χ0) is 17.6. The van der Waals surface area contributed by atoms with Gasteiger partial charge in [0.15, 0.2) is 5.11 Å². The van der Waals surface area contributed by atoms with Crippen LogP contribution in [0.15, 0.2) is 66.7 Å². The summed E-state index contributed by atoms with van der Waals surface area (Å²) in [5, 5.41) is 5.30. The fourth-order valence-corrected chi connectivity index (χ4v) is 2.57. The highest BCUT2D eigenvalue weighted by atomic mass is 32.1. The normalized spacial score (nSPS) is 10.3. The van der Waals surface area contributed by atoms with Crippen LogP contribution in [-0.4, -0.2) is 11.0 Å². The van der Waals surface area contributed by atoms with Gasteiger partial charge < -0.3 is 5.32 Å². The van der Waals surface area contributed by atoms with Gasteiger partial charge in [-0.2, -0.15) is 0 Å². The third-order valence-corrected chi connectivity index (χ3v) is 3.80. The Morgan fingerprint density at radius 2 is 1.64 bits per heavy atom. The lowest BCUT2D eigenvalue weighted by atomic mass is 10.1. The van der Waals surface area contributed by atoms with E-state index in [2.05, 4.69) is 16.2 Å². The number of fused-ring (bicyclic) bond motifs is 1. The number of hydrazine groups is 1. The van der Waals surface area contributed by atoms with Gasteiger partial charge in [0.05, 0.1) is 6.42 Å². The van der Waals surface area contributed by atoms with Crippen LogP contribution in [0.3, 0.4) is 0 Å². The zero-order valence-corrected chi connectivity index (χ0v) is 14.1. The van der Waals surface area contributed by atoms with Crippen LogP contribution >= 0.6 is 12.2 Å². The minimum Gasteiger partial charge on any atom is -0.331 e. The second kappa shape index (κ2) is 7.72. The number of carbonyl (C=O) groups is 1. The number of carbonyl (C=O) groups excluding carboxylic acids is 1. The highest BCUT2D eigenvalue weighted by Gasteiger charge is 2.05. The molecule has 1 amide bonds. The molecular weight excluding hydrogens is 337 g/mol. The van der Waals surface area contributed by atoms with Crippen LogP contribution in [-0.2, 0) is 11.2 Å². The molecule has 6 heteroatoms. The van der Waals surface area contributed by atoms with Gasteiger partial charge in [-0.25, -0.2) is 4.39 Å². The summed E-state index contributed by atoms with van der Waals surface area (Å²) in [6, 6.07) is 19.7. The lowest BCUT2D eigenvalue weighted by Gasteiger charge is -2.12. The quantitative estimate of drug-likeness (QED) is 0.498. The Bertz CT molecular complexity index is 912. The average molecular weight is 353 g/mol. The summed E-state index contributed by atoms with van der Waals surface area (Å²) in [4.78, 5) is 12.0. The van der Waals surface area contributed by atoms with Gasteiger partial charge in [0, 0.05) is 5.69 Å². The third-order valence-electron chi connectivity index (χ3n) is 3.60. The first-order valence-corrected chi connectivity index (χ1v) is 8.10. The molecule has 0 aromatic heterocycles. The van der Waals surface area contributed by atoms with Gasteiger partial charge in [0.2, 0.25) is 5.91 Å². The number of amides is 1. The molecule has 126 valence electrons. The van der Waals surface area contributed by atoms with Crippen molar-refractivity contribution < 1.29 is 9.18 Å². The van der Waals surface area contributed by atoms with Crippen molar-refractivity contribution in [2.24, 2.45) is 0 Å². The maximum atomic E-state index is 12.8. The van der Waals surface area contributed by atoms with Gasteiger partial charge in [-0.3, -0.25) is 15.6 Å². The van der Waals surface area contributed by atoms with Crippen molar-refractivity contribution in [2.75, 3.05) is 5.32 Å². The molecule has 0 aliphatic carbocycles. The third kappa shape index (κ3) is 4.74. The first kappa shape index (κ1) is 16.9. The molecule has 0 radical (unpaired) electrons. The lowest BCUT2D eigenvalue weighted by Crippen LogP contribution is -2.44. The molecule has 0 spiro atoms. The summed E-state index contributed by atoms with van der Waals surface area (Å²) in [6.45, 7) is 0. The molecule has 3 rings (SSSR count). The Kier molecular flexibility index (Phi) is 5.20. The fraction of sp³-hybridized carbons (Fsp3) is 0.0526. The summed E-state index contributed by atoms with van der Waals surface area (Å²) in [6.07, 6.45) is 0.233. The van der Waals surface area contributed by atoms with E-state index >= 15 is 0 Å². The molecule has 3 aromatic carbocycles. The highest BCUT2D eigenvalue weighted by molar-refractivity contribution is 7.80. The zero-order valence-electron chi connectivity index (χ0n) is 13.3. The Balaban J connectivity index is 1.51. The first-order valence-electron chi connectivity index (χ1n) is 7.69. The van der Waals surface area contributed by atoms with Crippen LogP contribution in [0.2, 0.25) is 0 Å². The predicted molar refractivity (Wildman–Crippen MR) is 102 cm³/mol. The molecule has 0 saturated carbocycles. The number of anilines is 1. The van der Waals surface area contributed by atoms with Gasteiger partial charge >= 0.3 is 0 Å². The average Bonchev–Trinajstić information content (AvgIpc) is 2.62. The minimum atomic E-state index is -0.326. The molecule has 0 atom stereocenters. The maximum Gasteiger partial charge on any atom is 0.242 e. The molecule has 0 fully saturated rings. The van der Waals surface area contributed by atoms with E-state index in [1.165, 1.54) is 12.1 Å². The molecule has 0 aliphatic rings. The molecule has 0 aliphatic heterocycles.